The Morgan fingerprint density at radius 1 is 1.48 bits per heavy atom. The van der Waals surface area contributed by atoms with Gasteiger partial charge < -0.3 is 9.84 Å². The second kappa shape index (κ2) is 7.16. The van der Waals surface area contributed by atoms with Crippen LogP contribution in [0.2, 0.25) is 0 Å². The number of rotatable bonds is 5. The van der Waals surface area contributed by atoms with Gasteiger partial charge in [-0.1, -0.05) is 6.07 Å². The van der Waals surface area contributed by atoms with Crippen LogP contribution in [0.4, 0.5) is 4.39 Å². The molecule has 0 atom stereocenters. The van der Waals surface area contributed by atoms with Crippen LogP contribution in [0.1, 0.15) is 24.0 Å². The Morgan fingerprint density at radius 3 is 2.81 bits per heavy atom. The first kappa shape index (κ1) is 15.4. The van der Waals surface area contributed by atoms with E-state index < -0.39 is 11.8 Å². The van der Waals surface area contributed by atoms with Gasteiger partial charge in [-0.25, -0.2) is 9.18 Å². The molecular weight excluding hydrogens is 275 g/mol. The van der Waals surface area contributed by atoms with Crippen LogP contribution < -0.4 is 0 Å². The summed E-state index contributed by atoms with van der Waals surface area (Å²) in [5.41, 5.74) is 1.17. The SMILES string of the molecule is N#Cc1cc(F)ccc1CN1CCC(OCC(=O)O)CC1. The minimum Gasteiger partial charge on any atom is -0.480 e. The van der Waals surface area contributed by atoms with Crippen molar-refractivity contribution in [1.82, 2.24) is 4.90 Å². The van der Waals surface area contributed by atoms with Crippen LogP contribution in [0.3, 0.4) is 0 Å². The molecule has 1 fully saturated rings. The molecule has 2 rings (SSSR count). The first-order valence-corrected chi connectivity index (χ1v) is 6.83. The summed E-state index contributed by atoms with van der Waals surface area (Å²) in [5, 5.41) is 17.6. The molecule has 0 amide bonds. The molecule has 1 aliphatic heterocycles. The lowest BCUT2D eigenvalue weighted by atomic mass is 10.0. The van der Waals surface area contributed by atoms with Crippen LogP contribution in [0.25, 0.3) is 0 Å². The van der Waals surface area contributed by atoms with Crippen molar-refractivity contribution in [2.75, 3.05) is 19.7 Å². The van der Waals surface area contributed by atoms with E-state index in [2.05, 4.69) is 4.90 Å². The van der Waals surface area contributed by atoms with Gasteiger partial charge in [-0.3, -0.25) is 4.90 Å². The molecule has 1 heterocycles. The fourth-order valence-electron chi connectivity index (χ4n) is 2.45. The van der Waals surface area contributed by atoms with Gasteiger partial charge in [0, 0.05) is 19.6 Å². The maximum absolute atomic E-state index is 13.1. The minimum absolute atomic E-state index is 0.0268. The predicted octanol–water partition coefficient (Wildman–Crippen LogP) is 1.76. The van der Waals surface area contributed by atoms with Crippen molar-refractivity contribution in [3.63, 3.8) is 0 Å². The number of likely N-dealkylation sites (tertiary alicyclic amines) is 1. The molecule has 6 heteroatoms. The van der Waals surface area contributed by atoms with E-state index in [0.717, 1.165) is 31.5 Å². The predicted molar refractivity (Wildman–Crippen MR) is 73.0 cm³/mol. The Hall–Kier alpha value is -1.97. The number of aliphatic carboxylic acids is 1. The molecule has 1 saturated heterocycles. The molecule has 0 saturated carbocycles. The van der Waals surface area contributed by atoms with Gasteiger partial charge in [-0.2, -0.15) is 5.26 Å². The highest BCUT2D eigenvalue weighted by molar-refractivity contribution is 5.68. The number of hydrogen-bond donors (Lipinski definition) is 1. The highest BCUT2D eigenvalue weighted by Gasteiger charge is 2.21. The Balaban J connectivity index is 1.86. The summed E-state index contributed by atoms with van der Waals surface area (Å²) in [6.07, 6.45) is 1.49. The van der Waals surface area contributed by atoms with Crippen molar-refractivity contribution >= 4 is 5.97 Å². The third-order valence-electron chi connectivity index (χ3n) is 3.56. The number of halogens is 1. The quantitative estimate of drug-likeness (QED) is 0.895. The zero-order chi connectivity index (χ0) is 15.2. The molecular formula is C15H17FN2O3. The van der Waals surface area contributed by atoms with Crippen molar-refractivity contribution in [3.8, 4) is 6.07 Å². The van der Waals surface area contributed by atoms with Crippen LogP contribution in [0.15, 0.2) is 18.2 Å². The number of carboxylic acid groups (broad SMARTS) is 1. The molecule has 1 N–H and O–H groups in total. The van der Waals surface area contributed by atoms with Crippen molar-refractivity contribution in [2.24, 2.45) is 0 Å². The van der Waals surface area contributed by atoms with Crippen LogP contribution in [-0.2, 0) is 16.1 Å². The molecule has 21 heavy (non-hydrogen) atoms. The largest absolute Gasteiger partial charge is 0.480 e. The number of carboxylic acids is 1. The number of benzene rings is 1. The summed E-state index contributed by atoms with van der Waals surface area (Å²) >= 11 is 0. The minimum atomic E-state index is -0.956. The topological polar surface area (TPSA) is 73.6 Å². The average Bonchev–Trinajstić information content (AvgIpc) is 2.48. The molecule has 0 bridgehead atoms. The number of hydrogen-bond acceptors (Lipinski definition) is 4. The van der Waals surface area contributed by atoms with E-state index in [9.17, 15) is 9.18 Å². The molecule has 0 aromatic heterocycles. The normalized spacial score (nSPS) is 16.6. The number of nitrogens with zero attached hydrogens (tertiary/aromatic N) is 2. The third-order valence-corrected chi connectivity index (χ3v) is 3.56. The third kappa shape index (κ3) is 4.52. The lowest BCUT2D eigenvalue weighted by molar-refractivity contribution is -0.145. The summed E-state index contributed by atoms with van der Waals surface area (Å²) in [5.74, 6) is -1.36. The van der Waals surface area contributed by atoms with E-state index >= 15 is 0 Å². The van der Waals surface area contributed by atoms with E-state index in [1.165, 1.54) is 12.1 Å². The zero-order valence-electron chi connectivity index (χ0n) is 11.6. The summed E-state index contributed by atoms with van der Waals surface area (Å²) in [4.78, 5) is 12.6. The van der Waals surface area contributed by atoms with Gasteiger partial charge in [-0.05, 0) is 30.5 Å². The Labute approximate surface area is 122 Å². The molecule has 1 aliphatic rings. The van der Waals surface area contributed by atoms with Crippen molar-refractivity contribution in [1.29, 1.82) is 5.26 Å². The number of ether oxygens (including phenoxy) is 1. The van der Waals surface area contributed by atoms with Gasteiger partial charge in [0.1, 0.15) is 12.4 Å². The van der Waals surface area contributed by atoms with Crippen LogP contribution in [0.5, 0.6) is 0 Å². The zero-order valence-corrected chi connectivity index (χ0v) is 11.6. The number of carbonyl (C=O) groups is 1. The van der Waals surface area contributed by atoms with Gasteiger partial charge in [0.05, 0.1) is 17.7 Å². The molecule has 0 aliphatic carbocycles. The molecule has 0 radical (unpaired) electrons. The fraction of sp³-hybridized carbons (Fsp3) is 0.467. The second-order valence-electron chi connectivity index (χ2n) is 5.09. The molecule has 0 unspecified atom stereocenters. The number of piperidine rings is 1. The first-order valence-electron chi connectivity index (χ1n) is 6.83. The summed E-state index contributed by atoms with van der Waals surface area (Å²) < 4.78 is 18.4. The van der Waals surface area contributed by atoms with Gasteiger partial charge in [0.2, 0.25) is 0 Å². The first-order chi connectivity index (χ1) is 10.1. The Kier molecular flexibility index (Phi) is 5.26. The summed E-state index contributed by atoms with van der Waals surface area (Å²) in [7, 11) is 0. The van der Waals surface area contributed by atoms with Crippen LogP contribution >= 0.6 is 0 Å². The van der Waals surface area contributed by atoms with E-state index in [0.29, 0.717) is 12.1 Å². The number of nitriles is 1. The Bertz CT molecular complexity index is 548. The maximum Gasteiger partial charge on any atom is 0.329 e. The summed E-state index contributed by atoms with van der Waals surface area (Å²) in [6.45, 7) is 1.87. The maximum atomic E-state index is 13.1. The van der Waals surface area contributed by atoms with Gasteiger partial charge in [0.25, 0.3) is 0 Å². The molecule has 1 aromatic carbocycles. The van der Waals surface area contributed by atoms with Crippen LogP contribution in [-0.4, -0.2) is 41.8 Å². The van der Waals surface area contributed by atoms with Crippen molar-refractivity contribution in [2.45, 2.75) is 25.5 Å². The monoisotopic (exact) mass is 292 g/mol. The molecule has 5 nitrogen and oxygen atoms in total. The fourth-order valence-corrected chi connectivity index (χ4v) is 2.45. The van der Waals surface area contributed by atoms with Gasteiger partial charge >= 0.3 is 5.97 Å². The highest BCUT2D eigenvalue weighted by Crippen LogP contribution is 2.18. The summed E-state index contributed by atoms with van der Waals surface area (Å²) in [6, 6.07) is 6.26. The van der Waals surface area contributed by atoms with Gasteiger partial charge in [-0.15, -0.1) is 0 Å². The molecule has 0 spiro atoms. The molecule has 1 aromatic rings. The van der Waals surface area contributed by atoms with E-state index in [1.54, 1.807) is 6.07 Å². The van der Waals surface area contributed by atoms with Crippen molar-refractivity contribution in [3.05, 3.63) is 35.1 Å². The lowest BCUT2D eigenvalue weighted by Crippen LogP contribution is -2.37. The van der Waals surface area contributed by atoms with Crippen LogP contribution in [0, 0.1) is 17.1 Å². The Morgan fingerprint density at radius 2 is 2.19 bits per heavy atom. The second-order valence-corrected chi connectivity index (χ2v) is 5.09. The van der Waals surface area contributed by atoms with Gasteiger partial charge in [0.15, 0.2) is 0 Å². The average molecular weight is 292 g/mol. The van der Waals surface area contributed by atoms with Crippen molar-refractivity contribution < 1.29 is 19.0 Å². The lowest BCUT2D eigenvalue weighted by Gasteiger charge is -2.31. The smallest absolute Gasteiger partial charge is 0.329 e. The molecule has 112 valence electrons. The highest BCUT2D eigenvalue weighted by atomic mass is 19.1. The van der Waals surface area contributed by atoms with E-state index in [1.807, 2.05) is 6.07 Å². The van der Waals surface area contributed by atoms with E-state index in [4.69, 9.17) is 15.1 Å². The standard InChI is InChI=1S/C15H17FN2O3/c16-13-2-1-11(12(7-13)8-17)9-18-5-3-14(4-6-18)21-10-15(19)20/h1-2,7,14H,3-6,9-10H2,(H,19,20). The van der Waals surface area contributed by atoms with E-state index in [-0.39, 0.29) is 12.7 Å².